The fraction of sp³-hybridized carbons (Fsp3) is 0.375. The Hall–Kier alpha value is -0.930. The van der Waals surface area contributed by atoms with E-state index < -0.39 is 0 Å². The van der Waals surface area contributed by atoms with E-state index in [1.165, 1.54) is 0 Å². The Morgan fingerprint density at radius 3 is 3.09 bits per heavy atom. The average molecular weight is 152 g/mol. The zero-order valence-electron chi connectivity index (χ0n) is 6.53. The van der Waals surface area contributed by atoms with Crippen LogP contribution in [0.25, 0.3) is 0 Å². The minimum Gasteiger partial charge on any atom is -0.304 e. The molecular formula is C8H12N2O. The van der Waals surface area contributed by atoms with Crippen molar-refractivity contribution >= 4 is 0 Å². The molecule has 1 aromatic heterocycles. The van der Waals surface area contributed by atoms with Gasteiger partial charge in [0.2, 0.25) is 0 Å². The summed E-state index contributed by atoms with van der Waals surface area (Å²) in [5.74, 6) is 5.26. The number of rotatable bonds is 3. The highest BCUT2D eigenvalue weighted by Gasteiger charge is 2.03. The van der Waals surface area contributed by atoms with Crippen molar-refractivity contribution in [3.8, 4) is 0 Å². The van der Waals surface area contributed by atoms with E-state index in [1.807, 2.05) is 25.3 Å². The molecule has 1 rings (SSSR count). The topological polar surface area (TPSA) is 48.1 Å². The zero-order valence-corrected chi connectivity index (χ0v) is 6.53. The average Bonchev–Trinajstić information content (AvgIpc) is 2.07. The van der Waals surface area contributed by atoms with Crippen molar-refractivity contribution in [2.24, 2.45) is 5.90 Å². The molecule has 0 spiro atoms. The molecule has 1 unspecified atom stereocenters. The minimum absolute atomic E-state index is 0.314. The van der Waals surface area contributed by atoms with Crippen LogP contribution in [-0.4, -0.2) is 11.6 Å². The molecule has 2 N–H and O–H groups in total. The number of pyridine rings is 1. The van der Waals surface area contributed by atoms with Crippen LogP contribution in [0.2, 0.25) is 0 Å². The SMILES string of the molecule is CC(CON)c1cccnc1. The molecule has 0 aliphatic rings. The standard InChI is InChI=1S/C8H12N2O/c1-7(6-11-9)8-3-2-4-10-5-8/h2-5,7H,6,9H2,1H3. The maximum absolute atomic E-state index is 4.95. The largest absolute Gasteiger partial charge is 0.304 e. The molecule has 0 aromatic carbocycles. The molecule has 0 aliphatic heterocycles. The van der Waals surface area contributed by atoms with Gasteiger partial charge in [-0.15, -0.1) is 0 Å². The predicted octanol–water partition coefficient (Wildman–Crippen LogP) is 1.08. The Kier molecular flexibility index (Phi) is 3.01. The van der Waals surface area contributed by atoms with Crippen LogP contribution in [0, 0.1) is 0 Å². The number of hydrogen-bond acceptors (Lipinski definition) is 3. The van der Waals surface area contributed by atoms with Crippen molar-refractivity contribution in [1.29, 1.82) is 0 Å². The number of aromatic nitrogens is 1. The summed E-state index contributed by atoms with van der Waals surface area (Å²) in [5, 5.41) is 0. The molecule has 0 radical (unpaired) electrons. The quantitative estimate of drug-likeness (QED) is 0.659. The molecule has 0 amide bonds. The van der Waals surface area contributed by atoms with E-state index in [9.17, 15) is 0 Å². The lowest BCUT2D eigenvalue weighted by Gasteiger charge is -2.07. The van der Waals surface area contributed by atoms with Crippen LogP contribution in [0.3, 0.4) is 0 Å². The Labute approximate surface area is 66.2 Å². The zero-order chi connectivity index (χ0) is 8.10. The second-order valence-corrected chi connectivity index (χ2v) is 2.52. The highest BCUT2D eigenvalue weighted by molar-refractivity contribution is 5.13. The van der Waals surface area contributed by atoms with Crippen LogP contribution in [0.1, 0.15) is 18.4 Å². The van der Waals surface area contributed by atoms with Gasteiger partial charge in [-0.05, 0) is 11.6 Å². The summed E-state index contributed by atoms with van der Waals surface area (Å²) < 4.78 is 0. The molecule has 0 saturated heterocycles. The normalized spacial score (nSPS) is 12.9. The van der Waals surface area contributed by atoms with Gasteiger partial charge in [0.25, 0.3) is 0 Å². The van der Waals surface area contributed by atoms with Gasteiger partial charge in [0, 0.05) is 18.3 Å². The maximum atomic E-state index is 4.95. The van der Waals surface area contributed by atoms with Gasteiger partial charge in [0.05, 0.1) is 6.61 Å². The first-order valence-electron chi connectivity index (χ1n) is 3.56. The summed E-state index contributed by atoms with van der Waals surface area (Å²) in [6, 6.07) is 3.92. The second-order valence-electron chi connectivity index (χ2n) is 2.52. The molecule has 0 aliphatic carbocycles. The smallest absolute Gasteiger partial charge is 0.0745 e. The molecular weight excluding hydrogens is 140 g/mol. The maximum Gasteiger partial charge on any atom is 0.0745 e. The Bertz CT molecular complexity index is 201. The van der Waals surface area contributed by atoms with Crippen LogP contribution in [0.15, 0.2) is 24.5 Å². The third-order valence-corrected chi connectivity index (χ3v) is 1.60. The van der Waals surface area contributed by atoms with Gasteiger partial charge in [-0.25, -0.2) is 5.90 Å². The van der Waals surface area contributed by atoms with Crippen LogP contribution in [0.4, 0.5) is 0 Å². The van der Waals surface area contributed by atoms with Crippen molar-refractivity contribution in [3.63, 3.8) is 0 Å². The summed E-state index contributed by atoms with van der Waals surface area (Å²) in [6.45, 7) is 2.58. The molecule has 0 bridgehead atoms. The first kappa shape index (κ1) is 8.17. The lowest BCUT2D eigenvalue weighted by molar-refractivity contribution is 0.126. The molecule has 1 atom stereocenters. The van der Waals surface area contributed by atoms with Gasteiger partial charge in [-0.3, -0.25) is 4.98 Å². The molecule has 0 saturated carbocycles. The molecule has 60 valence electrons. The molecule has 1 aromatic rings. The van der Waals surface area contributed by atoms with E-state index in [0.717, 1.165) is 5.56 Å². The van der Waals surface area contributed by atoms with E-state index in [2.05, 4.69) is 9.82 Å². The first-order chi connectivity index (χ1) is 5.34. The van der Waals surface area contributed by atoms with Crippen molar-refractivity contribution in [3.05, 3.63) is 30.1 Å². The fourth-order valence-corrected chi connectivity index (χ4v) is 0.908. The van der Waals surface area contributed by atoms with Crippen molar-refractivity contribution in [2.75, 3.05) is 6.61 Å². The van der Waals surface area contributed by atoms with Crippen molar-refractivity contribution in [1.82, 2.24) is 4.98 Å². The van der Waals surface area contributed by atoms with E-state index >= 15 is 0 Å². The molecule has 3 heteroatoms. The van der Waals surface area contributed by atoms with E-state index in [1.54, 1.807) is 6.20 Å². The molecule has 0 fully saturated rings. The van der Waals surface area contributed by atoms with E-state index in [-0.39, 0.29) is 0 Å². The van der Waals surface area contributed by atoms with E-state index in [0.29, 0.717) is 12.5 Å². The summed E-state index contributed by atoms with van der Waals surface area (Å²) in [5.41, 5.74) is 1.15. The summed E-state index contributed by atoms with van der Waals surface area (Å²) >= 11 is 0. The second kappa shape index (κ2) is 4.05. The van der Waals surface area contributed by atoms with Crippen LogP contribution >= 0.6 is 0 Å². The summed E-state index contributed by atoms with van der Waals surface area (Å²) in [4.78, 5) is 8.52. The van der Waals surface area contributed by atoms with Gasteiger partial charge >= 0.3 is 0 Å². The number of hydrogen-bond donors (Lipinski definition) is 1. The van der Waals surface area contributed by atoms with Crippen LogP contribution in [-0.2, 0) is 4.84 Å². The highest BCUT2D eigenvalue weighted by Crippen LogP contribution is 2.12. The summed E-state index contributed by atoms with van der Waals surface area (Å²) in [7, 11) is 0. The van der Waals surface area contributed by atoms with E-state index in [4.69, 9.17) is 5.90 Å². The number of nitrogens with zero attached hydrogens (tertiary/aromatic N) is 1. The Balaban J connectivity index is 2.61. The number of nitrogens with two attached hydrogens (primary N) is 1. The summed E-state index contributed by atoms with van der Waals surface area (Å²) in [6.07, 6.45) is 3.57. The Morgan fingerprint density at radius 1 is 1.73 bits per heavy atom. The highest BCUT2D eigenvalue weighted by atomic mass is 16.6. The van der Waals surface area contributed by atoms with Crippen LogP contribution in [0.5, 0.6) is 0 Å². The van der Waals surface area contributed by atoms with Crippen molar-refractivity contribution < 1.29 is 4.84 Å². The van der Waals surface area contributed by atoms with Crippen molar-refractivity contribution in [2.45, 2.75) is 12.8 Å². The van der Waals surface area contributed by atoms with Gasteiger partial charge in [0.15, 0.2) is 0 Å². The minimum atomic E-state index is 0.314. The molecule has 1 heterocycles. The monoisotopic (exact) mass is 152 g/mol. The first-order valence-corrected chi connectivity index (χ1v) is 3.56. The van der Waals surface area contributed by atoms with Crippen LogP contribution < -0.4 is 5.90 Å². The molecule has 3 nitrogen and oxygen atoms in total. The van der Waals surface area contributed by atoms with Gasteiger partial charge in [-0.1, -0.05) is 13.0 Å². The third-order valence-electron chi connectivity index (χ3n) is 1.60. The predicted molar refractivity (Wildman–Crippen MR) is 42.8 cm³/mol. The van der Waals surface area contributed by atoms with Gasteiger partial charge in [0.1, 0.15) is 0 Å². The fourth-order valence-electron chi connectivity index (χ4n) is 0.908. The third kappa shape index (κ3) is 2.29. The lowest BCUT2D eigenvalue weighted by atomic mass is 10.1. The molecule has 11 heavy (non-hydrogen) atoms. The van der Waals surface area contributed by atoms with Gasteiger partial charge < -0.3 is 4.84 Å². The lowest BCUT2D eigenvalue weighted by Crippen LogP contribution is -2.08. The van der Waals surface area contributed by atoms with Gasteiger partial charge in [-0.2, -0.15) is 0 Å². The Morgan fingerprint density at radius 2 is 2.55 bits per heavy atom.